The highest BCUT2D eigenvalue weighted by atomic mass is 35.5. The van der Waals surface area contributed by atoms with E-state index in [2.05, 4.69) is 15.6 Å². The average molecular weight is 380 g/mol. The Bertz CT molecular complexity index is 1070. The zero-order valence-electron chi connectivity index (χ0n) is 14.9. The van der Waals surface area contributed by atoms with E-state index in [1.165, 1.54) is 16.2 Å². The number of hydrogen-bond acceptors (Lipinski definition) is 5. The molecule has 1 aliphatic rings. The zero-order chi connectivity index (χ0) is 19.0. The summed E-state index contributed by atoms with van der Waals surface area (Å²) in [5.41, 5.74) is 3.39. The van der Waals surface area contributed by atoms with Crippen molar-refractivity contribution in [2.45, 2.75) is 20.0 Å². The summed E-state index contributed by atoms with van der Waals surface area (Å²) in [7, 11) is 0. The van der Waals surface area contributed by atoms with E-state index in [4.69, 9.17) is 16.6 Å². The highest BCUT2D eigenvalue weighted by Crippen LogP contribution is 2.26. The minimum atomic E-state index is -0.535. The summed E-state index contributed by atoms with van der Waals surface area (Å²) < 4.78 is 1.54. The van der Waals surface area contributed by atoms with E-state index in [0.717, 1.165) is 11.3 Å². The number of hydrogen-bond donors (Lipinski definition) is 2. The number of aromatic nitrogens is 2. The second kappa shape index (κ2) is 6.89. The van der Waals surface area contributed by atoms with Crippen molar-refractivity contribution in [2.24, 2.45) is 4.99 Å². The van der Waals surface area contributed by atoms with Crippen molar-refractivity contribution in [3.63, 3.8) is 0 Å². The molecule has 7 heteroatoms. The number of aliphatic imine (C=N–C) groups is 1. The van der Waals surface area contributed by atoms with E-state index in [9.17, 15) is 4.79 Å². The molecule has 0 spiro atoms. The summed E-state index contributed by atoms with van der Waals surface area (Å²) in [4.78, 5) is 21.8. The highest BCUT2D eigenvalue weighted by Gasteiger charge is 2.25. The lowest BCUT2D eigenvalue weighted by Crippen LogP contribution is -2.37. The van der Waals surface area contributed by atoms with Crippen LogP contribution >= 0.6 is 11.6 Å². The third-order valence-electron chi connectivity index (χ3n) is 4.29. The molecule has 2 heterocycles. The molecule has 0 unspecified atom stereocenters. The Morgan fingerprint density at radius 2 is 1.78 bits per heavy atom. The lowest BCUT2D eigenvalue weighted by Gasteiger charge is -2.27. The molecule has 2 N–H and O–H groups in total. The molecule has 0 fully saturated rings. The number of nitrogens with zero attached hydrogens (tertiary/aromatic N) is 3. The van der Waals surface area contributed by atoms with Gasteiger partial charge in [-0.2, -0.15) is 0 Å². The van der Waals surface area contributed by atoms with Crippen molar-refractivity contribution < 1.29 is 0 Å². The molecule has 27 heavy (non-hydrogen) atoms. The molecule has 6 nitrogen and oxygen atoms in total. The number of nitrogens with one attached hydrogen (secondary N) is 2. The monoisotopic (exact) mass is 379 g/mol. The van der Waals surface area contributed by atoms with Gasteiger partial charge < -0.3 is 5.32 Å². The molecule has 0 radical (unpaired) electrons. The van der Waals surface area contributed by atoms with Gasteiger partial charge in [0.1, 0.15) is 0 Å². The summed E-state index contributed by atoms with van der Waals surface area (Å²) in [5, 5.41) is 7.00. The van der Waals surface area contributed by atoms with E-state index in [1.807, 2.05) is 43.3 Å². The van der Waals surface area contributed by atoms with Crippen molar-refractivity contribution in [1.29, 1.82) is 0 Å². The first kappa shape index (κ1) is 17.3. The van der Waals surface area contributed by atoms with Crippen molar-refractivity contribution in [1.82, 2.24) is 9.55 Å². The van der Waals surface area contributed by atoms with Crippen LogP contribution in [0, 0.1) is 13.8 Å². The predicted octanol–water partition coefficient (Wildman–Crippen LogP) is 3.95. The SMILES string of the molecule is Cc1ccc(NC2=N[C@H](c3ccc(Cl)cc3)n3c(nc(C)cc3=O)N2)cc1. The number of anilines is 2. The normalized spacial score (nSPS) is 15.5. The molecule has 4 rings (SSSR count). The number of rotatable bonds is 2. The van der Waals surface area contributed by atoms with Gasteiger partial charge >= 0.3 is 0 Å². The van der Waals surface area contributed by atoms with Crippen LogP contribution in [-0.2, 0) is 0 Å². The fourth-order valence-electron chi connectivity index (χ4n) is 2.94. The van der Waals surface area contributed by atoms with E-state index >= 15 is 0 Å². The van der Waals surface area contributed by atoms with Crippen molar-refractivity contribution in [3.05, 3.63) is 86.8 Å². The summed E-state index contributed by atoms with van der Waals surface area (Å²) in [5.74, 6) is 0.973. The fraction of sp³-hybridized carbons (Fsp3) is 0.150. The van der Waals surface area contributed by atoms with Crippen LogP contribution in [0.4, 0.5) is 11.6 Å². The second-order valence-corrected chi connectivity index (χ2v) is 6.88. The molecule has 2 aromatic carbocycles. The van der Waals surface area contributed by atoms with E-state index in [-0.39, 0.29) is 5.56 Å². The van der Waals surface area contributed by atoms with Crippen molar-refractivity contribution in [2.75, 3.05) is 10.6 Å². The first-order valence-electron chi connectivity index (χ1n) is 8.54. The molecule has 0 amide bonds. The minimum Gasteiger partial charge on any atom is -0.326 e. The molecule has 0 saturated heterocycles. The maximum atomic E-state index is 12.6. The molecule has 1 aromatic heterocycles. The van der Waals surface area contributed by atoms with Gasteiger partial charge in [-0.3, -0.25) is 14.7 Å². The first-order chi connectivity index (χ1) is 13.0. The Hall–Kier alpha value is -3.12. The molecule has 0 bridgehead atoms. The van der Waals surface area contributed by atoms with Gasteiger partial charge in [-0.25, -0.2) is 9.98 Å². The predicted molar refractivity (Wildman–Crippen MR) is 109 cm³/mol. The summed E-state index contributed by atoms with van der Waals surface area (Å²) in [6, 6.07) is 16.8. The number of fused-ring (bicyclic) bond motifs is 1. The van der Waals surface area contributed by atoms with Crippen molar-refractivity contribution in [3.8, 4) is 0 Å². The average Bonchev–Trinajstić information content (AvgIpc) is 2.63. The van der Waals surface area contributed by atoms with Gasteiger partial charge in [0, 0.05) is 22.5 Å². The van der Waals surface area contributed by atoms with Gasteiger partial charge in [-0.05, 0) is 43.7 Å². The van der Waals surface area contributed by atoms with E-state index in [0.29, 0.717) is 22.6 Å². The maximum absolute atomic E-state index is 12.6. The van der Waals surface area contributed by atoms with Gasteiger partial charge in [0.2, 0.25) is 11.9 Å². The molecule has 136 valence electrons. The highest BCUT2D eigenvalue weighted by molar-refractivity contribution is 6.30. The van der Waals surface area contributed by atoms with Crippen LogP contribution in [0.2, 0.25) is 5.02 Å². The topological polar surface area (TPSA) is 71.3 Å². The Balaban J connectivity index is 1.78. The Labute approximate surface area is 161 Å². The number of aryl methyl sites for hydroxylation is 2. The van der Waals surface area contributed by atoms with Gasteiger partial charge in [-0.1, -0.05) is 41.4 Å². The quantitative estimate of drug-likeness (QED) is 0.707. The van der Waals surface area contributed by atoms with Crippen molar-refractivity contribution >= 4 is 29.2 Å². The largest absolute Gasteiger partial charge is 0.326 e. The molecule has 1 aliphatic heterocycles. The lowest BCUT2D eigenvalue weighted by atomic mass is 10.1. The third-order valence-corrected chi connectivity index (χ3v) is 4.54. The number of benzene rings is 2. The third kappa shape index (κ3) is 3.57. The number of halogens is 1. The smallest absolute Gasteiger partial charge is 0.257 e. The summed E-state index contributed by atoms with van der Waals surface area (Å²) in [6.07, 6.45) is -0.535. The summed E-state index contributed by atoms with van der Waals surface area (Å²) in [6.45, 7) is 3.83. The zero-order valence-corrected chi connectivity index (χ0v) is 15.7. The number of guanidine groups is 1. The molecule has 3 aromatic rings. The molecule has 0 saturated carbocycles. The first-order valence-corrected chi connectivity index (χ1v) is 8.91. The van der Waals surface area contributed by atoms with Crippen LogP contribution < -0.4 is 16.2 Å². The van der Waals surface area contributed by atoms with E-state index < -0.39 is 6.17 Å². The Morgan fingerprint density at radius 1 is 1.07 bits per heavy atom. The standard InChI is InChI=1S/C20H18ClN5O/c1-12-3-9-16(10-4-12)23-19-24-18(14-5-7-15(21)8-6-14)26-17(27)11-13(2)22-20(26)25-19/h3-11,18H,1-2H3,(H2,22,23,24,25)/t18-/m0/s1. The minimum absolute atomic E-state index is 0.164. The van der Waals surface area contributed by atoms with Gasteiger partial charge in [0.25, 0.3) is 5.56 Å². The van der Waals surface area contributed by atoms with Gasteiger partial charge in [-0.15, -0.1) is 0 Å². The van der Waals surface area contributed by atoms with Crippen LogP contribution in [0.5, 0.6) is 0 Å². The van der Waals surface area contributed by atoms with Gasteiger partial charge in [0.05, 0.1) is 0 Å². The molecule has 0 aliphatic carbocycles. The molecular weight excluding hydrogens is 362 g/mol. The summed E-state index contributed by atoms with van der Waals surface area (Å²) >= 11 is 6.01. The van der Waals surface area contributed by atoms with E-state index in [1.54, 1.807) is 19.1 Å². The van der Waals surface area contributed by atoms with Crippen LogP contribution in [0.3, 0.4) is 0 Å². The van der Waals surface area contributed by atoms with Crippen LogP contribution in [0.25, 0.3) is 0 Å². The Morgan fingerprint density at radius 3 is 2.48 bits per heavy atom. The Kier molecular flexibility index (Phi) is 4.41. The molecule has 1 atom stereocenters. The van der Waals surface area contributed by atoms with Crippen LogP contribution in [0.15, 0.2) is 64.4 Å². The molecular formula is C20H18ClN5O. The van der Waals surface area contributed by atoms with Gasteiger partial charge in [0.15, 0.2) is 6.17 Å². The van der Waals surface area contributed by atoms with Crippen LogP contribution in [0.1, 0.15) is 23.0 Å². The second-order valence-electron chi connectivity index (χ2n) is 6.45. The maximum Gasteiger partial charge on any atom is 0.257 e. The lowest BCUT2D eigenvalue weighted by molar-refractivity contribution is 0.577. The van der Waals surface area contributed by atoms with Crippen LogP contribution in [-0.4, -0.2) is 15.5 Å². The fourth-order valence-corrected chi connectivity index (χ4v) is 3.07.